The van der Waals surface area contributed by atoms with Gasteiger partial charge in [-0.25, -0.2) is 4.79 Å². The number of nitrogens with one attached hydrogen (secondary N) is 2. The first-order valence-electron chi connectivity index (χ1n) is 7.27. The lowest BCUT2D eigenvalue weighted by atomic mass is 9.89. The zero-order valence-corrected chi connectivity index (χ0v) is 11.9. The molecule has 0 aromatic heterocycles. The molecule has 2 rings (SSSR count). The molecule has 0 spiro atoms. The van der Waals surface area contributed by atoms with Crippen LogP contribution in [0.4, 0.5) is 4.79 Å². The fourth-order valence-electron chi connectivity index (χ4n) is 2.72. The van der Waals surface area contributed by atoms with Crippen molar-refractivity contribution in [1.82, 2.24) is 10.6 Å². The number of rotatable bonds is 4. The molecule has 0 fully saturated rings. The number of hydrogen-bond acceptors (Lipinski definition) is 2. The van der Waals surface area contributed by atoms with E-state index in [1.807, 2.05) is 6.07 Å². The Labute approximate surface area is 120 Å². The second kappa shape index (κ2) is 6.95. The molecule has 1 aromatic carbocycles. The van der Waals surface area contributed by atoms with Crippen molar-refractivity contribution >= 4 is 6.03 Å². The quantitative estimate of drug-likeness (QED) is 0.827. The molecule has 4 heteroatoms. The number of benzene rings is 1. The zero-order chi connectivity index (χ0) is 14.4. The maximum absolute atomic E-state index is 11.7. The van der Waals surface area contributed by atoms with Crippen molar-refractivity contribution in [3.63, 3.8) is 0 Å². The summed E-state index contributed by atoms with van der Waals surface area (Å²) >= 11 is 0. The Morgan fingerprint density at radius 2 is 2.10 bits per heavy atom. The fraction of sp³-hybridized carbons (Fsp3) is 0.500. The third-order valence-corrected chi connectivity index (χ3v) is 3.82. The summed E-state index contributed by atoms with van der Waals surface area (Å²) in [6.45, 7) is 2.08. The van der Waals surface area contributed by atoms with Crippen molar-refractivity contribution < 1.29 is 4.79 Å². The van der Waals surface area contributed by atoms with Crippen LogP contribution in [0.5, 0.6) is 0 Å². The minimum absolute atomic E-state index is 0.000851. The molecule has 1 aliphatic rings. The Bertz CT molecular complexity index is 519. The van der Waals surface area contributed by atoms with Gasteiger partial charge in [-0.3, -0.25) is 0 Å². The van der Waals surface area contributed by atoms with Crippen LogP contribution in [-0.2, 0) is 12.8 Å². The molecule has 0 saturated heterocycles. The first kappa shape index (κ1) is 14.4. The van der Waals surface area contributed by atoms with E-state index in [9.17, 15) is 4.79 Å². The number of aryl methyl sites for hydroxylation is 2. The van der Waals surface area contributed by atoms with Crippen LogP contribution in [0.25, 0.3) is 0 Å². The number of amides is 2. The van der Waals surface area contributed by atoms with E-state index >= 15 is 0 Å². The van der Waals surface area contributed by atoms with Crippen molar-refractivity contribution in [2.24, 2.45) is 0 Å². The van der Waals surface area contributed by atoms with E-state index in [2.05, 4.69) is 35.8 Å². The van der Waals surface area contributed by atoms with E-state index in [-0.39, 0.29) is 18.6 Å². The topological polar surface area (TPSA) is 64.9 Å². The Kier molecular flexibility index (Phi) is 5.00. The highest BCUT2D eigenvalue weighted by molar-refractivity contribution is 5.74. The van der Waals surface area contributed by atoms with Gasteiger partial charge in [0.25, 0.3) is 0 Å². The second-order valence-electron chi connectivity index (χ2n) is 5.18. The number of fused-ring (bicyclic) bond motifs is 1. The van der Waals surface area contributed by atoms with Gasteiger partial charge in [0.1, 0.15) is 6.54 Å². The summed E-state index contributed by atoms with van der Waals surface area (Å²) in [5.41, 5.74) is 4.02. The minimum atomic E-state index is -0.281. The van der Waals surface area contributed by atoms with E-state index in [1.165, 1.54) is 30.4 Å². The van der Waals surface area contributed by atoms with E-state index in [1.54, 1.807) is 0 Å². The Balaban J connectivity index is 2.07. The van der Waals surface area contributed by atoms with Gasteiger partial charge >= 0.3 is 6.03 Å². The van der Waals surface area contributed by atoms with Gasteiger partial charge in [0, 0.05) is 0 Å². The second-order valence-corrected chi connectivity index (χ2v) is 5.18. The maximum Gasteiger partial charge on any atom is 0.316 e. The highest BCUT2D eigenvalue weighted by atomic mass is 16.2. The van der Waals surface area contributed by atoms with E-state index in [0.717, 1.165) is 18.4 Å². The SMILES string of the molecule is CCC(NC(=O)NCC#N)c1ccc2c(c1)CCCC2. The first-order chi connectivity index (χ1) is 9.74. The molecule has 106 valence electrons. The molecule has 20 heavy (non-hydrogen) atoms. The van der Waals surface area contributed by atoms with Crippen LogP contribution in [-0.4, -0.2) is 12.6 Å². The lowest BCUT2D eigenvalue weighted by Gasteiger charge is -2.21. The number of urea groups is 1. The lowest BCUT2D eigenvalue weighted by molar-refractivity contribution is 0.238. The van der Waals surface area contributed by atoms with Crippen LogP contribution in [0.1, 0.15) is 48.9 Å². The molecule has 2 amide bonds. The van der Waals surface area contributed by atoms with Gasteiger partial charge in [-0.05, 0) is 48.8 Å². The lowest BCUT2D eigenvalue weighted by Crippen LogP contribution is -2.38. The van der Waals surface area contributed by atoms with Gasteiger partial charge in [-0.1, -0.05) is 25.1 Å². The summed E-state index contributed by atoms with van der Waals surface area (Å²) in [7, 11) is 0. The molecule has 0 saturated carbocycles. The van der Waals surface area contributed by atoms with Crippen molar-refractivity contribution in [3.8, 4) is 6.07 Å². The molecular weight excluding hydrogens is 250 g/mol. The molecule has 0 heterocycles. The van der Waals surface area contributed by atoms with E-state index in [4.69, 9.17) is 5.26 Å². The van der Waals surface area contributed by atoms with Gasteiger partial charge in [0.05, 0.1) is 12.1 Å². The van der Waals surface area contributed by atoms with Crippen LogP contribution in [0.3, 0.4) is 0 Å². The summed E-state index contributed by atoms with van der Waals surface area (Å²) in [5.74, 6) is 0. The summed E-state index contributed by atoms with van der Waals surface area (Å²) in [6.07, 6.45) is 5.67. The molecule has 4 nitrogen and oxygen atoms in total. The van der Waals surface area contributed by atoms with Gasteiger partial charge in [0.2, 0.25) is 0 Å². The summed E-state index contributed by atoms with van der Waals surface area (Å²) in [4.78, 5) is 11.7. The molecule has 1 atom stereocenters. The van der Waals surface area contributed by atoms with Crippen LogP contribution in [0.15, 0.2) is 18.2 Å². The van der Waals surface area contributed by atoms with Crippen molar-refractivity contribution in [3.05, 3.63) is 34.9 Å². The highest BCUT2D eigenvalue weighted by Crippen LogP contribution is 2.25. The number of carbonyl (C=O) groups excluding carboxylic acids is 1. The van der Waals surface area contributed by atoms with E-state index in [0.29, 0.717) is 0 Å². The molecule has 0 aliphatic heterocycles. The Hall–Kier alpha value is -2.02. The summed E-state index contributed by atoms with van der Waals surface area (Å²) in [6, 6.07) is 8.16. The highest BCUT2D eigenvalue weighted by Gasteiger charge is 2.15. The smallest absolute Gasteiger partial charge is 0.316 e. The Morgan fingerprint density at radius 3 is 2.80 bits per heavy atom. The third kappa shape index (κ3) is 3.51. The van der Waals surface area contributed by atoms with Crippen LogP contribution < -0.4 is 10.6 Å². The van der Waals surface area contributed by atoms with Gasteiger partial charge < -0.3 is 10.6 Å². The van der Waals surface area contributed by atoms with Gasteiger partial charge in [-0.15, -0.1) is 0 Å². The molecule has 1 aromatic rings. The minimum Gasteiger partial charge on any atom is -0.331 e. The monoisotopic (exact) mass is 271 g/mol. The number of carbonyl (C=O) groups is 1. The van der Waals surface area contributed by atoms with E-state index < -0.39 is 0 Å². The predicted octanol–water partition coefficient (Wildman–Crippen LogP) is 2.84. The van der Waals surface area contributed by atoms with Gasteiger partial charge in [0.15, 0.2) is 0 Å². The Morgan fingerprint density at radius 1 is 1.35 bits per heavy atom. The van der Waals surface area contributed by atoms with Crippen molar-refractivity contribution in [1.29, 1.82) is 5.26 Å². The average Bonchev–Trinajstić information content (AvgIpc) is 2.50. The summed E-state index contributed by atoms with van der Waals surface area (Å²) < 4.78 is 0. The molecule has 0 radical (unpaired) electrons. The van der Waals surface area contributed by atoms with Crippen LogP contribution in [0.2, 0.25) is 0 Å². The van der Waals surface area contributed by atoms with Gasteiger partial charge in [-0.2, -0.15) is 5.26 Å². The molecular formula is C16H21N3O. The van der Waals surface area contributed by atoms with Crippen molar-refractivity contribution in [2.45, 2.75) is 45.1 Å². The maximum atomic E-state index is 11.7. The third-order valence-electron chi connectivity index (χ3n) is 3.82. The molecule has 1 aliphatic carbocycles. The molecule has 1 unspecified atom stereocenters. The average molecular weight is 271 g/mol. The van der Waals surface area contributed by atoms with Crippen LogP contribution in [0, 0.1) is 11.3 Å². The van der Waals surface area contributed by atoms with Crippen LogP contribution >= 0.6 is 0 Å². The van der Waals surface area contributed by atoms with Crippen molar-refractivity contribution in [2.75, 3.05) is 6.54 Å². The normalized spacial score (nSPS) is 14.8. The zero-order valence-electron chi connectivity index (χ0n) is 11.9. The molecule has 0 bridgehead atoms. The number of nitrogens with zero attached hydrogens (tertiary/aromatic N) is 1. The fourth-order valence-corrected chi connectivity index (χ4v) is 2.72. The predicted molar refractivity (Wildman–Crippen MR) is 78.3 cm³/mol. The summed E-state index contributed by atoms with van der Waals surface area (Å²) in [5, 5.41) is 13.9. The standard InChI is InChI=1S/C16H21N3O/c1-2-15(19-16(20)18-10-9-17)14-8-7-12-5-3-4-6-13(12)11-14/h7-8,11,15H,2-6,10H2,1H3,(H2,18,19,20). The molecule has 2 N–H and O–H groups in total. The number of hydrogen-bond donors (Lipinski definition) is 2. The largest absolute Gasteiger partial charge is 0.331 e. The first-order valence-corrected chi connectivity index (χ1v) is 7.27. The number of nitriles is 1.